The van der Waals surface area contributed by atoms with Crippen LogP contribution in [0.4, 0.5) is 0 Å². The van der Waals surface area contributed by atoms with Gasteiger partial charge in [-0.2, -0.15) is 0 Å². The summed E-state index contributed by atoms with van der Waals surface area (Å²) in [5.41, 5.74) is 0. The molecule has 0 aromatic rings. The number of hydrogen-bond donors (Lipinski definition) is 1. The van der Waals surface area contributed by atoms with E-state index >= 15 is 0 Å². The Bertz CT molecular complexity index is 340. The van der Waals surface area contributed by atoms with Gasteiger partial charge in [-0.3, -0.25) is 10.1 Å². The summed E-state index contributed by atoms with van der Waals surface area (Å²) in [4.78, 5) is 15.0. The van der Waals surface area contributed by atoms with Crippen molar-refractivity contribution in [3.05, 3.63) is 0 Å². The van der Waals surface area contributed by atoms with Crippen LogP contribution in [0.25, 0.3) is 0 Å². The summed E-state index contributed by atoms with van der Waals surface area (Å²) in [6.07, 6.45) is 6.22. The second-order valence-corrected chi connectivity index (χ2v) is 7.32. The van der Waals surface area contributed by atoms with Gasteiger partial charge in [-0.1, -0.05) is 47.5 Å². The summed E-state index contributed by atoms with van der Waals surface area (Å²) in [6.45, 7) is 11.2. The number of carbonyl (C=O) groups is 1. The zero-order chi connectivity index (χ0) is 14.9. The van der Waals surface area contributed by atoms with Crippen LogP contribution in [0.5, 0.6) is 0 Å². The minimum absolute atomic E-state index is 0.0390. The van der Waals surface area contributed by atoms with Crippen molar-refractivity contribution in [2.24, 2.45) is 17.8 Å². The second kappa shape index (κ2) is 6.46. The largest absolute Gasteiger partial charge is 0.322 e. The first-order valence-electron chi connectivity index (χ1n) is 8.55. The fourth-order valence-corrected chi connectivity index (χ4v) is 4.11. The third-order valence-electron chi connectivity index (χ3n) is 5.26. The molecule has 1 saturated heterocycles. The summed E-state index contributed by atoms with van der Waals surface area (Å²) in [7, 11) is 0. The van der Waals surface area contributed by atoms with Crippen molar-refractivity contribution < 1.29 is 4.79 Å². The molecule has 0 bridgehead atoms. The Morgan fingerprint density at radius 3 is 2.35 bits per heavy atom. The Morgan fingerprint density at radius 2 is 1.80 bits per heavy atom. The van der Waals surface area contributed by atoms with E-state index in [1.54, 1.807) is 0 Å². The number of carbonyl (C=O) groups excluding carboxylic acids is 1. The van der Waals surface area contributed by atoms with Gasteiger partial charge in [-0.25, -0.2) is 0 Å². The summed E-state index contributed by atoms with van der Waals surface area (Å²) in [5, 5.41) is 3.57. The Balaban J connectivity index is 2.24. The van der Waals surface area contributed by atoms with E-state index in [2.05, 4.69) is 44.8 Å². The molecule has 3 nitrogen and oxygen atoms in total. The summed E-state index contributed by atoms with van der Waals surface area (Å²) < 4.78 is 0. The first-order chi connectivity index (χ1) is 9.47. The molecule has 2 rings (SSSR count). The van der Waals surface area contributed by atoms with Crippen LogP contribution in [-0.4, -0.2) is 29.1 Å². The molecule has 1 heterocycles. The Hall–Kier alpha value is -0.570. The zero-order valence-corrected chi connectivity index (χ0v) is 13.9. The number of amides is 1. The fraction of sp³-hybridized carbons (Fsp3) is 0.941. The van der Waals surface area contributed by atoms with Crippen LogP contribution < -0.4 is 5.32 Å². The maximum absolute atomic E-state index is 12.8. The van der Waals surface area contributed by atoms with E-state index in [0.29, 0.717) is 29.7 Å². The zero-order valence-electron chi connectivity index (χ0n) is 13.9. The predicted molar refractivity (Wildman–Crippen MR) is 83.3 cm³/mol. The Labute approximate surface area is 124 Å². The third-order valence-corrected chi connectivity index (χ3v) is 5.26. The second-order valence-electron chi connectivity index (χ2n) is 7.32. The van der Waals surface area contributed by atoms with Crippen molar-refractivity contribution >= 4 is 5.91 Å². The van der Waals surface area contributed by atoms with Crippen molar-refractivity contribution in [1.82, 2.24) is 10.2 Å². The summed E-state index contributed by atoms with van der Waals surface area (Å²) in [5.74, 6) is 2.17. The number of nitrogens with one attached hydrogen (secondary N) is 1. The summed E-state index contributed by atoms with van der Waals surface area (Å²) in [6, 6.07) is 0.491. The van der Waals surface area contributed by atoms with E-state index in [0.717, 1.165) is 6.42 Å². The summed E-state index contributed by atoms with van der Waals surface area (Å²) >= 11 is 0. The predicted octanol–water partition coefficient (Wildman–Crippen LogP) is 3.39. The molecule has 20 heavy (non-hydrogen) atoms. The van der Waals surface area contributed by atoms with E-state index in [4.69, 9.17) is 0 Å². The molecule has 0 spiro atoms. The fourth-order valence-electron chi connectivity index (χ4n) is 4.11. The molecule has 2 fully saturated rings. The van der Waals surface area contributed by atoms with E-state index in [-0.39, 0.29) is 12.2 Å². The lowest BCUT2D eigenvalue weighted by Crippen LogP contribution is -2.52. The van der Waals surface area contributed by atoms with Crippen LogP contribution in [-0.2, 0) is 4.79 Å². The quantitative estimate of drug-likeness (QED) is 0.856. The molecule has 4 atom stereocenters. The van der Waals surface area contributed by atoms with Crippen LogP contribution in [0.15, 0.2) is 0 Å². The molecule has 4 unspecified atom stereocenters. The third kappa shape index (κ3) is 2.88. The monoisotopic (exact) mass is 280 g/mol. The van der Waals surface area contributed by atoms with Crippen molar-refractivity contribution in [2.45, 2.75) is 85.0 Å². The van der Waals surface area contributed by atoms with Gasteiger partial charge < -0.3 is 4.90 Å². The van der Waals surface area contributed by atoms with E-state index < -0.39 is 0 Å². The van der Waals surface area contributed by atoms with Gasteiger partial charge in [0, 0.05) is 6.04 Å². The molecule has 116 valence electrons. The topological polar surface area (TPSA) is 32.3 Å². The minimum Gasteiger partial charge on any atom is -0.322 e. The van der Waals surface area contributed by atoms with Crippen molar-refractivity contribution in [3.63, 3.8) is 0 Å². The Kier molecular flexibility index (Phi) is 5.11. The first kappa shape index (κ1) is 15.8. The average Bonchev–Trinajstić information content (AvgIpc) is 2.75. The molecule has 0 aromatic carbocycles. The lowest BCUT2D eigenvalue weighted by atomic mass is 9.76. The molecule has 1 aliphatic heterocycles. The highest BCUT2D eigenvalue weighted by molar-refractivity contribution is 5.84. The number of nitrogens with zero attached hydrogens (tertiary/aromatic N) is 1. The smallest absolute Gasteiger partial charge is 0.241 e. The maximum Gasteiger partial charge on any atom is 0.241 e. The van der Waals surface area contributed by atoms with Gasteiger partial charge in [-0.05, 0) is 37.0 Å². The van der Waals surface area contributed by atoms with E-state index in [1.807, 2.05) is 0 Å². The molecule has 1 N–H and O–H groups in total. The molecule has 1 amide bonds. The molecule has 1 aliphatic carbocycles. The van der Waals surface area contributed by atoms with Crippen LogP contribution in [0.3, 0.4) is 0 Å². The average molecular weight is 280 g/mol. The van der Waals surface area contributed by atoms with Gasteiger partial charge >= 0.3 is 0 Å². The Morgan fingerprint density at radius 1 is 1.15 bits per heavy atom. The van der Waals surface area contributed by atoms with Gasteiger partial charge in [0.25, 0.3) is 0 Å². The number of hydrogen-bond acceptors (Lipinski definition) is 2. The highest BCUT2D eigenvalue weighted by Crippen LogP contribution is 2.37. The van der Waals surface area contributed by atoms with E-state index in [9.17, 15) is 4.79 Å². The molecule has 1 saturated carbocycles. The highest BCUT2D eigenvalue weighted by atomic mass is 16.2. The molecule has 2 aliphatic rings. The maximum atomic E-state index is 12.8. The highest BCUT2D eigenvalue weighted by Gasteiger charge is 2.45. The van der Waals surface area contributed by atoms with Crippen molar-refractivity contribution in [3.8, 4) is 0 Å². The van der Waals surface area contributed by atoms with E-state index in [1.165, 1.54) is 25.7 Å². The van der Waals surface area contributed by atoms with Gasteiger partial charge in [-0.15, -0.1) is 0 Å². The SMILES string of the molecule is CCC1NC(C(C)C)N(C2CCCCC2C(C)C)C1=O. The lowest BCUT2D eigenvalue weighted by molar-refractivity contribution is -0.135. The van der Waals surface area contributed by atoms with Crippen molar-refractivity contribution in [1.29, 1.82) is 0 Å². The van der Waals surface area contributed by atoms with Crippen LogP contribution >= 0.6 is 0 Å². The number of rotatable bonds is 4. The molecule has 0 aromatic heterocycles. The lowest BCUT2D eigenvalue weighted by Gasteiger charge is -2.43. The van der Waals surface area contributed by atoms with Crippen molar-refractivity contribution in [2.75, 3.05) is 0 Å². The van der Waals surface area contributed by atoms with Gasteiger partial charge in [0.2, 0.25) is 5.91 Å². The molecule has 0 radical (unpaired) electrons. The standard InChI is InChI=1S/C17H32N2O/c1-6-14-17(20)19(16(18-14)12(4)5)15-10-8-7-9-13(15)11(2)3/h11-16,18H,6-10H2,1-5H3. The van der Waals surface area contributed by atoms with Gasteiger partial charge in [0.1, 0.15) is 0 Å². The molecule has 3 heteroatoms. The normalized spacial score (nSPS) is 35.4. The van der Waals surface area contributed by atoms with Crippen LogP contribution in [0.1, 0.15) is 66.7 Å². The molecular weight excluding hydrogens is 248 g/mol. The van der Waals surface area contributed by atoms with Gasteiger partial charge in [0.05, 0.1) is 12.2 Å². The molecular formula is C17H32N2O. The first-order valence-corrected chi connectivity index (χ1v) is 8.55. The van der Waals surface area contributed by atoms with Crippen LogP contribution in [0, 0.1) is 17.8 Å². The van der Waals surface area contributed by atoms with Crippen LogP contribution in [0.2, 0.25) is 0 Å². The van der Waals surface area contributed by atoms with Gasteiger partial charge in [0.15, 0.2) is 0 Å². The minimum atomic E-state index is 0.0390.